The number of rotatable bonds is 9. The molecule has 1 aliphatic heterocycles. The first-order chi connectivity index (χ1) is 12.0. The zero-order valence-corrected chi connectivity index (χ0v) is 15.6. The molecule has 1 aromatic rings. The summed E-state index contributed by atoms with van der Waals surface area (Å²) in [7, 11) is 0. The molecule has 2 rings (SSSR count). The summed E-state index contributed by atoms with van der Waals surface area (Å²) in [4.78, 5) is 29.0. The van der Waals surface area contributed by atoms with E-state index >= 15 is 0 Å². The molecule has 0 spiro atoms. The highest BCUT2D eigenvalue weighted by molar-refractivity contribution is 5.88. The van der Waals surface area contributed by atoms with Gasteiger partial charge in [-0.3, -0.25) is 19.2 Å². The Hall–Kier alpha value is -1.89. The summed E-state index contributed by atoms with van der Waals surface area (Å²) in [6.07, 6.45) is 4.91. The van der Waals surface area contributed by atoms with E-state index in [1.165, 1.54) is 0 Å². The van der Waals surface area contributed by atoms with E-state index in [2.05, 4.69) is 29.2 Å². The molecule has 2 amide bonds. The summed E-state index contributed by atoms with van der Waals surface area (Å²) in [5.74, 6) is 0.597. The Morgan fingerprint density at radius 3 is 2.88 bits per heavy atom. The van der Waals surface area contributed by atoms with Gasteiger partial charge in [0.1, 0.15) is 0 Å². The molecule has 25 heavy (non-hydrogen) atoms. The Labute approximate surface area is 150 Å². The number of carbonyl (C=O) groups excluding carboxylic acids is 2. The zero-order valence-electron chi connectivity index (χ0n) is 15.6. The van der Waals surface area contributed by atoms with Gasteiger partial charge < -0.3 is 10.2 Å². The van der Waals surface area contributed by atoms with E-state index in [0.29, 0.717) is 32.1 Å². The molecule has 0 unspecified atom stereocenters. The van der Waals surface area contributed by atoms with Gasteiger partial charge in [-0.05, 0) is 31.9 Å². The summed E-state index contributed by atoms with van der Waals surface area (Å²) < 4.78 is 1.82. The predicted molar refractivity (Wildman–Crippen MR) is 96.9 cm³/mol. The zero-order chi connectivity index (χ0) is 18.2. The van der Waals surface area contributed by atoms with Crippen molar-refractivity contribution in [3.05, 3.63) is 18.5 Å². The van der Waals surface area contributed by atoms with E-state index in [1.54, 1.807) is 6.20 Å². The third-order valence-corrected chi connectivity index (χ3v) is 4.70. The fourth-order valence-corrected chi connectivity index (χ4v) is 3.09. The highest BCUT2D eigenvalue weighted by Crippen LogP contribution is 2.13. The normalized spacial score (nSPS) is 18.4. The summed E-state index contributed by atoms with van der Waals surface area (Å²) in [5.41, 5.74) is 0. The van der Waals surface area contributed by atoms with Crippen LogP contribution in [-0.2, 0) is 16.1 Å². The van der Waals surface area contributed by atoms with Crippen LogP contribution in [0.25, 0.3) is 0 Å². The maximum atomic E-state index is 12.7. The Morgan fingerprint density at radius 2 is 2.24 bits per heavy atom. The fraction of sp³-hybridized carbons (Fsp3) is 0.722. The van der Waals surface area contributed by atoms with Crippen molar-refractivity contribution in [2.24, 2.45) is 5.92 Å². The van der Waals surface area contributed by atoms with Gasteiger partial charge in [0.15, 0.2) is 0 Å². The summed E-state index contributed by atoms with van der Waals surface area (Å²) in [6.45, 7) is 10.6. The fourth-order valence-electron chi connectivity index (χ4n) is 3.09. The third kappa shape index (κ3) is 5.85. The second-order valence-electron chi connectivity index (χ2n) is 6.97. The molecule has 0 aromatic carbocycles. The van der Waals surface area contributed by atoms with E-state index in [1.807, 2.05) is 28.8 Å². The van der Waals surface area contributed by atoms with Gasteiger partial charge in [0.2, 0.25) is 11.8 Å². The van der Waals surface area contributed by atoms with Gasteiger partial charge in [-0.1, -0.05) is 13.8 Å². The van der Waals surface area contributed by atoms with Crippen molar-refractivity contribution in [1.29, 1.82) is 0 Å². The lowest BCUT2D eigenvalue weighted by Crippen LogP contribution is -2.57. The molecule has 2 heterocycles. The molecule has 1 fully saturated rings. The highest BCUT2D eigenvalue weighted by Gasteiger charge is 2.32. The van der Waals surface area contributed by atoms with Gasteiger partial charge in [0.25, 0.3) is 0 Å². The van der Waals surface area contributed by atoms with Gasteiger partial charge in [0.05, 0.1) is 19.0 Å². The average Bonchev–Trinajstić information content (AvgIpc) is 3.09. The van der Waals surface area contributed by atoms with Crippen LogP contribution in [0.4, 0.5) is 0 Å². The third-order valence-electron chi connectivity index (χ3n) is 4.70. The molecule has 7 nitrogen and oxygen atoms in total. The summed E-state index contributed by atoms with van der Waals surface area (Å²) in [5, 5.41) is 7.07. The van der Waals surface area contributed by atoms with Crippen molar-refractivity contribution in [2.45, 2.75) is 46.2 Å². The maximum absolute atomic E-state index is 12.7. The SMILES string of the molecule is CCN(CCn1cccn1)C(=O)C[C@H]1C(=O)NCCN1CCC(C)C. The second-order valence-corrected chi connectivity index (χ2v) is 6.97. The lowest BCUT2D eigenvalue weighted by molar-refractivity contribution is -0.138. The minimum atomic E-state index is -0.348. The van der Waals surface area contributed by atoms with Crippen LogP contribution in [-0.4, -0.2) is 70.2 Å². The minimum Gasteiger partial charge on any atom is -0.353 e. The smallest absolute Gasteiger partial charge is 0.237 e. The van der Waals surface area contributed by atoms with Gasteiger partial charge in [-0.2, -0.15) is 5.10 Å². The number of hydrogen-bond donors (Lipinski definition) is 1. The van der Waals surface area contributed by atoms with Crippen molar-refractivity contribution < 1.29 is 9.59 Å². The van der Waals surface area contributed by atoms with Gasteiger partial charge in [0, 0.05) is 38.6 Å². The highest BCUT2D eigenvalue weighted by atomic mass is 16.2. The Bertz CT molecular complexity index is 544. The van der Waals surface area contributed by atoms with Crippen LogP contribution in [0.1, 0.15) is 33.6 Å². The first-order valence-electron chi connectivity index (χ1n) is 9.28. The van der Waals surface area contributed by atoms with E-state index in [-0.39, 0.29) is 24.3 Å². The molecule has 0 saturated carbocycles. The van der Waals surface area contributed by atoms with Gasteiger partial charge in [-0.15, -0.1) is 0 Å². The minimum absolute atomic E-state index is 0.0218. The van der Waals surface area contributed by atoms with Crippen LogP contribution < -0.4 is 5.32 Å². The first-order valence-corrected chi connectivity index (χ1v) is 9.28. The Balaban J connectivity index is 1.92. The molecule has 0 aliphatic carbocycles. The number of amides is 2. The largest absolute Gasteiger partial charge is 0.353 e. The molecule has 140 valence electrons. The van der Waals surface area contributed by atoms with E-state index in [0.717, 1.165) is 19.5 Å². The van der Waals surface area contributed by atoms with Crippen LogP contribution >= 0.6 is 0 Å². The molecule has 7 heteroatoms. The first kappa shape index (κ1) is 19.4. The second kappa shape index (κ2) is 9.56. The molecule has 1 N–H and O–H groups in total. The van der Waals surface area contributed by atoms with Crippen LogP contribution in [0, 0.1) is 5.92 Å². The lowest BCUT2D eigenvalue weighted by Gasteiger charge is -2.36. The summed E-state index contributed by atoms with van der Waals surface area (Å²) in [6, 6.07) is 1.52. The van der Waals surface area contributed by atoms with E-state index in [4.69, 9.17) is 0 Å². The number of nitrogens with zero attached hydrogens (tertiary/aromatic N) is 4. The van der Waals surface area contributed by atoms with Crippen molar-refractivity contribution in [2.75, 3.05) is 32.7 Å². The lowest BCUT2D eigenvalue weighted by atomic mass is 10.0. The number of carbonyl (C=O) groups is 2. The standard InChI is InChI=1S/C18H31N5O2/c1-4-21(12-13-23-9-5-7-20-23)17(24)14-16-18(25)19-8-11-22(16)10-6-15(2)3/h5,7,9,15-16H,4,6,8,10-14H2,1-3H3,(H,19,25)/t16-/m0/s1. The predicted octanol–water partition coefficient (Wildman–Crippen LogP) is 0.968. The molecular formula is C18H31N5O2. The number of nitrogens with one attached hydrogen (secondary N) is 1. The number of aromatic nitrogens is 2. The van der Waals surface area contributed by atoms with Crippen LogP contribution in [0.15, 0.2) is 18.5 Å². The Morgan fingerprint density at radius 1 is 1.44 bits per heavy atom. The van der Waals surface area contributed by atoms with E-state index in [9.17, 15) is 9.59 Å². The van der Waals surface area contributed by atoms with Crippen molar-refractivity contribution in [3.8, 4) is 0 Å². The van der Waals surface area contributed by atoms with Crippen molar-refractivity contribution in [3.63, 3.8) is 0 Å². The summed E-state index contributed by atoms with van der Waals surface area (Å²) >= 11 is 0. The van der Waals surface area contributed by atoms with Crippen LogP contribution in [0.3, 0.4) is 0 Å². The number of piperazine rings is 1. The number of hydrogen-bond acceptors (Lipinski definition) is 4. The molecule has 1 atom stereocenters. The molecule has 0 bridgehead atoms. The van der Waals surface area contributed by atoms with Crippen LogP contribution in [0.5, 0.6) is 0 Å². The van der Waals surface area contributed by atoms with Gasteiger partial charge >= 0.3 is 0 Å². The monoisotopic (exact) mass is 349 g/mol. The quantitative estimate of drug-likeness (QED) is 0.721. The molecule has 1 aromatic heterocycles. The maximum Gasteiger partial charge on any atom is 0.237 e. The topological polar surface area (TPSA) is 70.5 Å². The molecule has 1 saturated heterocycles. The van der Waals surface area contributed by atoms with E-state index < -0.39 is 0 Å². The molecular weight excluding hydrogens is 318 g/mol. The van der Waals surface area contributed by atoms with Crippen LogP contribution in [0.2, 0.25) is 0 Å². The molecule has 0 radical (unpaired) electrons. The number of likely N-dealkylation sites (N-methyl/N-ethyl adjacent to an activating group) is 1. The van der Waals surface area contributed by atoms with Crippen molar-refractivity contribution in [1.82, 2.24) is 24.9 Å². The van der Waals surface area contributed by atoms with Crippen molar-refractivity contribution >= 4 is 11.8 Å². The van der Waals surface area contributed by atoms with Gasteiger partial charge in [-0.25, -0.2) is 0 Å². The molecule has 1 aliphatic rings. The average molecular weight is 349 g/mol. The Kier molecular flexibility index (Phi) is 7.43.